The van der Waals surface area contributed by atoms with Crippen LogP contribution in [0.1, 0.15) is 100 Å². The number of halogens is 1. The molecule has 1 N–H and O–H groups in total. The fourth-order valence-corrected chi connectivity index (χ4v) is 10.3. The Morgan fingerprint density at radius 3 is 2.23 bits per heavy atom. The number of benzene rings is 3. The number of piperazine rings is 1. The zero-order valence-corrected chi connectivity index (χ0v) is 37.0. The minimum atomic E-state index is -0.979. The third-order valence-corrected chi connectivity index (χ3v) is 14.4. The van der Waals surface area contributed by atoms with E-state index in [2.05, 4.69) is 76.0 Å². The van der Waals surface area contributed by atoms with Crippen LogP contribution < -0.4 is 10.2 Å². The number of carbonyl (C=O) groups is 5. The lowest BCUT2D eigenvalue weighted by Crippen LogP contribution is -2.55. The Bertz CT molecular complexity index is 2630. The van der Waals surface area contributed by atoms with E-state index in [9.17, 15) is 29.2 Å². The molecule has 9 rings (SSSR count). The Labute approximate surface area is 378 Å². The second-order valence-corrected chi connectivity index (χ2v) is 18.2. The van der Waals surface area contributed by atoms with E-state index in [1.807, 2.05) is 16.8 Å². The van der Waals surface area contributed by atoms with Gasteiger partial charge in [-0.1, -0.05) is 41.6 Å². The molecule has 1 unspecified atom stereocenters. The summed E-state index contributed by atoms with van der Waals surface area (Å²) in [6.07, 6.45) is 5.73. The van der Waals surface area contributed by atoms with Gasteiger partial charge in [0, 0.05) is 86.1 Å². The standard InChI is InChI=1S/C50H51ClN8O5/c1-31-32(2)58(54-46(31)37-13-14-38(29-52)43(51)27-37)30-35-7-5-33(6-8-35)3-4-34-9-11-36(12-10-34)48(62)57-25-23-56(24-26-57)39-19-21-55(22-20-39)40-15-16-41-42(28-40)50(64)59(49(41)63)44-17-18-45(60)53-47(44)61/h5-8,13-16,27-28,34,36,39,44H,9-12,17-26,30H2,1-2H3,(H,53,60,61)/t34-,36-,44?. The van der Waals surface area contributed by atoms with Crippen LogP contribution in [0.3, 0.4) is 0 Å². The van der Waals surface area contributed by atoms with E-state index < -0.39 is 29.7 Å². The molecule has 13 nitrogen and oxygen atoms in total. The Morgan fingerprint density at radius 2 is 1.55 bits per heavy atom. The van der Waals surface area contributed by atoms with Gasteiger partial charge >= 0.3 is 0 Å². The van der Waals surface area contributed by atoms with Gasteiger partial charge in [0.1, 0.15) is 12.1 Å². The molecule has 5 amide bonds. The molecule has 3 aromatic carbocycles. The van der Waals surface area contributed by atoms with Crippen molar-refractivity contribution in [2.24, 2.45) is 11.8 Å². The molecule has 0 spiro atoms. The maximum Gasteiger partial charge on any atom is 0.262 e. The molecule has 14 heteroatoms. The van der Waals surface area contributed by atoms with Gasteiger partial charge in [-0.15, -0.1) is 0 Å². The summed E-state index contributed by atoms with van der Waals surface area (Å²) in [6.45, 7) is 9.56. The van der Waals surface area contributed by atoms with E-state index in [4.69, 9.17) is 16.7 Å². The number of nitriles is 1. The Kier molecular flexibility index (Phi) is 12.1. The first-order chi connectivity index (χ1) is 30.9. The maximum atomic E-state index is 13.7. The van der Waals surface area contributed by atoms with Crippen LogP contribution in [0.15, 0.2) is 60.7 Å². The second kappa shape index (κ2) is 18.1. The van der Waals surface area contributed by atoms with Gasteiger partial charge in [-0.2, -0.15) is 10.4 Å². The molecule has 1 aliphatic carbocycles. The molecule has 328 valence electrons. The van der Waals surface area contributed by atoms with Crippen LogP contribution in [-0.2, 0) is 20.9 Å². The number of nitrogens with one attached hydrogen (secondary N) is 1. The second-order valence-electron chi connectivity index (χ2n) is 17.8. The van der Waals surface area contributed by atoms with Crippen LogP contribution in [0.5, 0.6) is 0 Å². The zero-order valence-electron chi connectivity index (χ0n) is 36.2. The van der Waals surface area contributed by atoms with Gasteiger partial charge in [0.05, 0.1) is 34.0 Å². The number of carbonyl (C=O) groups excluding carboxylic acids is 5. The molecule has 5 aliphatic rings. The minimum Gasteiger partial charge on any atom is -0.371 e. The van der Waals surface area contributed by atoms with Gasteiger partial charge in [0.25, 0.3) is 11.8 Å². The first-order valence-electron chi connectivity index (χ1n) is 22.4. The van der Waals surface area contributed by atoms with Crippen LogP contribution in [-0.4, -0.2) is 105 Å². The van der Waals surface area contributed by atoms with Gasteiger partial charge in [-0.25, -0.2) is 0 Å². The van der Waals surface area contributed by atoms with Crippen LogP contribution in [0, 0.1) is 48.9 Å². The monoisotopic (exact) mass is 878 g/mol. The van der Waals surface area contributed by atoms with E-state index in [1.54, 1.807) is 24.3 Å². The van der Waals surface area contributed by atoms with Gasteiger partial charge in [-0.3, -0.25) is 43.8 Å². The van der Waals surface area contributed by atoms with E-state index in [0.29, 0.717) is 34.3 Å². The summed E-state index contributed by atoms with van der Waals surface area (Å²) in [7, 11) is 0. The fourth-order valence-electron chi connectivity index (χ4n) is 10.1. The zero-order chi connectivity index (χ0) is 44.6. The number of hydrogen-bond acceptors (Lipinski definition) is 9. The molecule has 0 bridgehead atoms. The van der Waals surface area contributed by atoms with E-state index >= 15 is 0 Å². The molecule has 5 heterocycles. The largest absolute Gasteiger partial charge is 0.371 e. The molecule has 64 heavy (non-hydrogen) atoms. The molecular weight excluding hydrogens is 828 g/mol. The molecule has 1 aromatic heterocycles. The average Bonchev–Trinajstić information content (AvgIpc) is 3.74. The van der Waals surface area contributed by atoms with Gasteiger partial charge < -0.3 is 9.80 Å². The topological polar surface area (TPSA) is 152 Å². The van der Waals surface area contributed by atoms with Crippen molar-refractivity contribution < 1.29 is 24.0 Å². The van der Waals surface area contributed by atoms with Crippen molar-refractivity contribution in [1.29, 1.82) is 5.26 Å². The normalized spacial score (nSPS) is 21.9. The number of amides is 5. The molecule has 3 saturated heterocycles. The molecule has 4 fully saturated rings. The molecule has 1 atom stereocenters. The van der Waals surface area contributed by atoms with Crippen molar-refractivity contribution in [1.82, 2.24) is 29.8 Å². The summed E-state index contributed by atoms with van der Waals surface area (Å²) in [5.74, 6) is 5.52. The number of imide groups is 2. The van der Waals surface area contributed by atoms with Crippen LogP contribution >= 0.6 is 11.6 Å². The highest BCUT2D eigenvalue weighted by molar-refractivity contribution is 6.32. The first kappa shape index (κ1) is 43.0. The van der Waals surface area contributed by atoms with Crippen LogP contribution in [0.25, 0.3) is 11.3 Å². The third kappa shape index (κ3) is 8.55. The predicted molar refractivity (Wildman–Crippen MR) is 241 cm³/mol. The van der Waals surface area contributed by atoms with Crippen molar-refractivity contribution in [3.05, 3.63) is 105 Å². The van der Waals surface area contributed by atoms with Crippen molar-refractivity contribution in [2.75, 3.05) is 44.2 Å². The van der Waals surface area contributed by atoms with E-state index in [0.717, 1.165) is 122 Å². The summed E-state index contributed by atoms with van der Waals surface area (Å²) in [6, 6.07) is 20.6. The van der Waals surface area contributed by atoms with Gasteiger partial charge in [-0.05, 0) is 112 Å². The van der Waals surface area contributed by atoms with Crippen molar-refractivity contribution in [3.63, 3.8) is 0 Å². The SMILES string of the molecule is Cc1c(-c2ccc(C#N)c(Cl)c2)nn(Cc2ccc(C#C[C@H]3CC[C@H](C(=O)N4CCN(C5CCN(c6ccc7c(c6)C(=O)N(C6CCC(=O)NC6=O)C7=O)CC5)CC4)CC3)cc2)c1C. The highest BCUT2D eigenvalue weighted by Crippen LogP contribution is 2.34. The highest BCUT2D eigenvalue weighted by atomic mass is 35.5. The molecule has 4 aliphatic heterocycles. The smallest absolute Gasteiger partial charge is 0.262 e. The number of anilines is 1. The Hall–Kier alpha value is -6.28. The highest BCUT2D eigenvalue weighted by Gasteiger charge is 2.45. The number of hydrogen-bond donors (Lipinski definition) is 1. The molecule has 4 aromatic rings. The fraction of sp³-hybridized carbons (Fsp3) is 0.420. The average molecular weight is 879 g/mol. The predicted octanol–water partition coefficient (Wildman–Crippen LogP) is 6.11. The number of rotatable bonds is 7. The first-order valence-corrected chi connectivity index (χ1v) is 22.8. The number of fused-ring (bicyclic) bond motifs is 1. The summed E-state index contributed by atoms with van der Waals surface area (Å²) in [5.41, 5.74) is 7.92. The van der Waals surface area contributed by atoms with Crippen LogP contribution in [0.2, 0.25) is 5.02 Å². The number of piperidine rings is 2. The van der Waals surface area contributed by atoms with E-state index in [1.165, 1.54) is 0 Å². The summed E-state index contributed by atoms with van der Waals surface area (Å²) in [5, 5.41) is 16.8. The summed E-state index contributed by atoms with van der Waals surface area (Å²) in [4.78, 5) is 72.1. The molecular formula is C50H51ClN8O5. The lowest BCUT2D eigenvalue weighted by molar-refractivity contribution is -0.139. The summed E-state index contributed by atoms with van der Waals surface area (Å²) < 4.78 is 2.00. The van der Waals surface area contributed by atoms with Crippen LogP contribution in [0.4, 0.5) is 5.69 Å². The van der Waals surface area contributed by atoms with Crippen molar-refractivity contribution >= 4 is 46.8 Å². The third-order valence-electron chi connectivity index (χ3n) is 14.0. The quantitative estimate of drug-likeness (QED) is 0.171. The maximum absolute atomic E-state index is 13.7. The number of aromatic nitrogens is 2. The van der Waals surface area contributed by atoms with Gasteiger partial charge in [0.2, 0.25) is 17.7 Å². The molecule has 1 saturated carbocycles. The van der Waals surface area contributed by atoms with E-state index in [-0.39, 0.29) is 30.6 Å². The minimum absolute atomic E-state index is 0.0570. The van der Waals surface area contributed by atoms with Gasteiger partial charge in [0.15, 0.2) is 0 Å². The lowest BCUT2D eigenvalue weighted by atomic mass is 9.81. The van der Waals surface area contributed by atoms with Crippen molar-refractivity contribution in [3.8, 4) is 29.2 Å². The molecule has 0 radical (unpaired) electrons. The summed E-state index contributed by atoms with van der Waals surface area (Å²) >= 11 is 6.31. The Morgan fingerprint density at radius 1 is 0.828 bits per heavy atom. The lowest BCUT2D eigenvalue weighted by Gasteiger charge is -2.44. The van der Waals surface area contributed by atoms with Crippen molar-refractivity contribution in [2.45, 2.75) is 83.8 Å². The number of nitrogens with zero attached hydrogens (tertiary/aromatic N) is 7. The Balaban J connectivity index is 0.709.